The number of ether oxygens (including phenoxy) is 1. The van der Waals surface area contributed by atoms with Crippen LogP contribution in [0.2, 0.25) is 0 Å². The zero-order chi connectivity index (χ0) is 19.2. The van der Waals surface area contributed by atoms with Gasteiger partial charge in [0.05, 0.1) is 18.4 Å². The van der Waals surface area contributed by atoms with E-state index in [1.54, 1.807) is 19.1 Å². The Morgan fingerprint density at radius 3 is 2.52 bits per heavy atom. The molecule has 0 aliphatic carbocycles. The highest BCUT2D eigenvalue weighted by molar-refractivity contribution is 7.80. The van der Waals surface area contributed by atoms with Gasteiger partial charge in [-0.1, -0.05) is 0 Å². The summed E-state index contributed by atoms with van der Waals surface area (Å²) < 4.78 is 6.83. The van der Waals surface area contributed by atoms with Crippen LogP contribution in [-0.2, 0) is 18.3 Å². The Balaban J connectivity index is 1.47. The molecule has 1 aromatic carbocycles. The van der Waals surface area contributed by atoms with Gasteiger partial charge in [-0.3, -0.25) is 9.58 Å². The van der Waals surface area contributed by atoms with Crippen LogP contribution in [0.4, 0.5) is 5.69 Å². The molecular formula is C19H25N5O2S. The Bertz CT molecular complexity index is 782. The van der Waals surface area contributed by atoms with Gasteiger partial charge in [0.25, 0.3) is 0 Å². The maximum Gasteiger partial charge on any atom is 0.338 e. The highest BCUT2D eigenvalue weighted by atomic mass is 32.1. The lowest BCUT2D eigenvalue weighted by molar-refractivity contribution is 0.0526. The normalized spacial score (nSPS) is 14.8. The van der Waals surface area contributed by atoms with Crippen molar-refractivity contribution in [3.05, 3.63) is 47.8 Å². The number of aryl methyl sites for hydroxylation is 1. The second-order valence-corrected chi connectivity index (χ2v) is 6.90. The molecule has 1 saturated heterocycles. The Kier molecular flexibility index (Phi) is 6.41. The van der Waals surface area contributed by atoms with E-state index in [0.29, 0.717) is 17.3 Å². The molecule has 1 aromatic heterocycles. The lowest BCUT2D eigenvalue weighted by atomic mass is 10.2. The summed E-state index contributed by atoms with van der Waals surface area (Å²) in [4.78, 5) is 16.3. The van der Waals surface area contributed by atoms with E-state index < -0.39 is 0 Å². The minimum Gasteiger partial charge on any atom is -0.462 e. The first-order valence-electron chi connectivity index (χ1n) is 9.08. The van der Waals surface area contributed by atoms with Crippen molar-refractivity contribution in [2.24, 2.45) is 7.05 Å². The smallest absolute Gasteiger partial charge is 0.338 e. The molecule has 2 aromatic rings. The third-order valence-corrected chi connectivity index (χ3v) is 4.83. The third-order valence-electron chi connectivity index (χ3n) is 4.47. The average Bonchev–Trinajstić information content (AvgIpc) is 3.08. The van der Waals surface area contributed by atoms with Gasteiger partial charge in [-0.2, -0.15) is 5.10 Å². The number of nitrogens with zero attached hydrogens (tertiary/aromatic N) is 4. The van der Waals surface area contributed by atoms with Crippen molar-refractivity contribution in [3.8, 4) is 0 Å². The molecule has 7 nitrogen and oxygen atoms in total. The van der Waals surface area contributed by atoms with Crippen LogP contribution in [0.1, 0.15) is 22.8 Å². The van der Waals surface area contributed by atoms with Crippen LogP contribution in [0.25, 0.3) is 0 Å². The van der Waals surface area contributed by atoms with E-state index in [2.05, 4.69) is 26.4 Å². The number of anilines is 1. The highest BCUT2D eigenvalue weighted by Crippen LogP contribution is 2.13. The number of nitrogens with one attached hydrogen (secondary N) is 1. The van der Waals surface area contributed by atoms with Crippen molar-refractivity contribution in [3.63, 3.8) is 0 Å². The van der Waals surface area contributed by atoms with E-state index in [9.17, 15) is 4.79 Å². The maximum absolute atomic E-state index is 11.7. The van der Waals surface area contributed by atoms with Crippen LogP contribution in [-0.4, -0.2) is 63.4 Å². The molecule has 0 spiro atoms. The predicted molar refractivity (Wildman–Crippen MR) is 109 cm³/mol. The number of benzene rings is 1. The summed E-state index contributed by atoms with van der Waals surface area (Å²) in [5.41, 5.74) is 2.64. The zero-order valence-corrected chi connectivity index (χ0v) is 16.5. The fraction of sp³-hybridized carbons (Fsp3) is 0.421. The summed E-state index contributed by atoms with van der Waals surface area (Å²) in [5.74, 6) is -0.309. The van der Waals surface area contributed by atoms with Crippen LogP contribution >= 0.6 is 12.2 Å². The van der Waals surface area contributed by atoms with E-state index in [1.165, 1.54) is 5.56 Å². The molecule has 0 amide bonds. The minimum atomic E-state index is -0.309. The molecule has 0 atom stereocenters. The average molecular weight is 388 g/mol. The summed E-state index contributed by atoms with van der Waals surface area (Å²) in [6.45, 7) is 6.76. The van der Waals surface area contributed by atoms with Crippen molar-refractivity contribution in [1.82, 2.24) is 19.6 Å². The van der Waals surface area contributed by atoms with Gasteiger partial charge in [0.15, 0.2) is 5.11 Å². The van der Waals surface area contributed by atoms with Crippen LogP contribution in [0.15, 0.2) is 36.7 Å². The highest BCUT2D eigenvalue weighted by Gasteiger charge is 2.19. The number of thiocarbonyl (C=S) groups is 1. The summed E-state index contributed by atoms with van der Waals surface area (Å²) in [7, 11) is 1.94. The largest absolute Gasteiger partial charge is 0.462 e. The van der Waals surface area contributed by atoms with Gasteiger partial charge in [-0.05, 0) is 43.4 Å². The van der Waals surface area contributed by atoms with Gasteiger partial charge in [0.2, 0.25) is 0 Å². The van der Waals surface area contributed by atoms with Gasteiger partial charge in [-0.25, -0.2) is 4.79 Å². The first kappa shape index (κ1) is 19.3. The van der Waals surface area contributed by atoms with E-state index in [0.717, 1.165) is 38.4 Å². The molecule has 1 aliphatic rings. The summed E-state index contributed by atoms with van der Waals surface area (Å²) >= 11 is 5.55. The summed E-state index contributed by atoms with van der Waals surface area (Å²) in [5, 5.41) is 8.18. The Hall–Kier alpha value is -2.45. The van der Waals surface area contributed by atoms with Gasteiger partial charge in [0, 0.05) is 57.2 Å². The lowest BCUT2D eigenvalue weighted by Crippen LogP contribution is -2.49. The second-order valence-electron chi connectivity index (χ2n) is 6.51. The number of esters is 1. The molecular weight excluding hydrogens is 362 g/mol. The minimum absolute atomic E-state index is 0.309. The number of piperazine rings is 1. The van der Waals surface area contributed by atoms with E-state index in [1.807, 2.05) is 30.1 Å². The number of hydrogen-bond donors (Lipinski definition) is 1. The third kappa shape index (κ3) is 5.27. The van der Waals surface area contributed by atoms with E-state index >= 15 is 0 Å². The fourth-order valence-corrected chi connectivity index (χ4v) is 3.33. The van der Waals surface area contributed by atoms with E-state index in [-0.39, 0.29) is 5.97 Å². The standard InChI is InChI=1S/C19H25N5O2S/c1-3-26-18(25)16-4-6-17(7-5-16)21-19(27)24-10-8-23(9-11-24)14-15-12-20-22(2)13-15/h4-7,12-13H,3,8-11,14H2,1-2H3,(H,21,27). The van der Waals surface area contributed by atoms with E-state index in [4.69, 9.17) is 17.0 Å². The second kappa shape index (κ2) is 8.96. The van der Waals surface area contributed by atoms with Crippen molar-refractivity contribution in [1.29, 1.82) is 0 Å². The number of carbonyl (C=O) groups excluding carboxylic acids is 1. The van der Waals surface area contributed by atoms with Gasteiger partial charge >= 0.3 is 5.97 Å². The maximum atomic E-state index is 11.7. The monoisotopic (exact) mass is 387 g/mol. The van der Waals surface area contributed by atoms with Crippen LogP contribution in [0.3, 0.4) is 0 Å². The molecule has 3 rings (SSSR count). The quantitative estimate of drug-likeness (QED) is 0.623. The SMILES string of the molecule is CCOC(=O)c1ccc(NC(=S)N2CCN(Cc3cnn(C)c3)CC2)cc1. The number of carbonyl (C=O) groups is 1. The molecule has 0 saturated carbocycles. The van der Waals surface area contributed by atoms with Crippen LogP contribution < -0.4 is 5.32 Å². The summed E-state index contributed by atoms with van der Waals surface area (Å²) in [6.07, 6.45) is 3.97. The molecule has 0 radical (unpaired) electrons. The lowest BCUT2D eigenvalue weighted by Gasteiger charge is -2.36. The molecule has 1 fully saturated rings. The van der Waals surface area contributed by atoms with Crippen molar-refractivity contribution >= 4 is 29.0 Å². The molecule has 8 heteroatoms. The van der Waals surface area contributed by atoms with Gasteiger partial charge in [0.1, 0.15) is 0 Å². The fourth-order valence-electron chi connectivity index (χ4n) is 3.03. The molecule has 144 valence electrons. The number of aromatic nitrogens is 2. The molecule has 0 bridgehead atoms. The molecule has 0 unspecified atom stereocenters. The Labute approximate surface area is 164 Å². The number of rotatable bonds is 5. The molecule has 27 heavy (non-hydrogen) atoms. The molecule has 1 N–H and O–H groups in total. The first-order valence-corrected chi connectivity index (χ1v) is 9.49. The van der Waals surface area contributed by atoms with Gasteiger partial charge in [-0.15, -0.1) is 0 Å². The molecule has 1 aliphatic heterocycles. The van der Waals surface area contributed by atoms with Crippen molar-refractivity contribution in [2.45, 2.75) is 13.5 Å². The Morgan fingerprint density at radius 1 is 1.22 bits per heavy atom. The first-order chi connectivity index (χ1) is 13.0. The van der Waals surface area contributed by atoms with Crippen LogP contribution in [0.5, 0.6) is 0 Å². The topological polar surface area (TPSA) is 62.6 Å². The zero-order valence-electron chi connectivity index (χ0n) is 15.7. The van der Waals surface area contributed by atoms with Gasteiger partial charge < -0.3 is 15.0 Å². The summed E-state index contributed by atoms with van der Waals surface area (Å²) in [6, 6.07) is 7.18. The van der Waals surface area contributed by atoms with Crippen molar-refractivity contribution < 1.29 is 9.53 Å². The van der Waals surface area contributed by atoms with Crippen molar-refractivity contribution in [2.75, 3.05) is 38.1 Å². The van der Waals surface area contributed by atoms with Crippen LogP contribution in [0, 0.1) is 0 Å². The number of hydrogen-bond acceptors (Lipinski definition) is 5. The predicted octanol–water partition coefficient (Wildman–Crippen LogP) is 2.11. The molecule has 2 heterocycles. The Morgan fingerprint density at radius 2 is 1.93 bits per heavy atom.